The number of aliphatic hydroxyl groups excluding tert-OH is 1. The lowest BCUT2D eigenvalue weighted by Gasteiger charge is -2.17. The smallest absolute Gasteiger partial charge is 0.123 e. The number of fused-ring (bicyclic) bond motifs is 1. The minimum Gasteiger partial charge on any atom is -0.382 e. The lowest BCUT2D eigenvalue weighted by atomic mass is 10.1. The SMILES string of the molecule is OC(c1ccccc1)c1cc2n(n1)CCCN(Cc1cscn1)C2. The lowest BCUT2D eigenvalue weighted by Crippen LogP contribution is -2.22. The fourth-order valence-corrected chi connectivity index (χ4v) is 3.72. The van der Waals surface area contributed by atoms with Gasteiger partial charge in [-0.25, -0.2) is 4.98 Å². The van der Waals surface area contributed by atoms with Crippen LogP contribution in [-0.4, -0.2) is 31.3 Å². The number of nitrogens with zero attached hydrogens (tertiary/aromatic N) is 4. The van der Waals surface area contributed by atoms with Gasteiger partial charge in [0, 0.05) is 31.6 Å². The third-order valence-electron chi connectivity index (χ3n) is 4.38. The molecule has 124 valence electrons. The average Bonchev–Trinajstić information content (AvgIpc) is 3.22. The van der Waals surface area contributed by atoms with Crippen molar-refractivity contribution in [3.8, 4) is 0 Å². The molecule has 0 radical (unpaired) electrons. The summed E-state index contributed by atoms with van der Waals surface area (Å²) in [6.07, 6.45) is 0.386. The second kappa shape index (κ2) is 6.84. The quantitative estimate of drug-likeness (QED) is 0.793. The van der Waals surface area contributed by atoms with Gasteiger partial charge in [-0.3, -0.25) is 9.58 Å². The molecule has 0 spiro atoms. The van der Waals surface area contributed by atoms with Crippen LogP contribution in [0.25, 0.3) is 0 Å². The predicted molar refractivity (Wildman–Crippen MR) is 93.6 cm³/mol. The van der Waals surface area contributed by atoms with E-state index in [1.807, 2.05) is 46.6 Å². The van der Waals surface area contributed by atoms with Crippen molar-refractivity contribution in [1.29, 1.82) is 0 Å². The number of rotatable bonds is 4. The highest BCUT2D eigenvalue weighted by atomic mass is 32.1. The van der Waals surface area contributed by atoms with E-state index in [2.05, 4.69) is 20.4 Å². The molecular formula is C18H20N4OS. The number of benzene rings is 1. The third kappa shape index (κ3) is 3.26. The van der Waals surface area contributed by atoms with Crippen LogP contribution in [-0.2, 0) is 19.6 Å². The average molecular weight is 340 g/mol. The van der Waals surface area contributed by atoms with Crippen molar-refractivity contribution >= 4 is 11.3 Å². The van der Waals surface area contributed by atoms with E-state index in [0.717, 1.165) is 55.2 Å². The Hall–Kier alpha value is -2.02. The first-order chi connectivity index (χ1) is 11.8. The number of aliphatic hydroxyl groups is 1. The highest BCUT2D eigenvalue weighted by Gasteiger charge is 2.21. The maximum absolute atomic E-state index is 10.6. The summed E-state index contributed by atoms with van der Waals surface area (Å²) in [6.45, 7) is 3.64. The summed E-state index contributed by atoms with van der Waals surface area (Å²) >= 11 is 1.64. The molecule has 1 atom stereocenters. The van der Waals surface area contributed by atoms with Gasteiger partial charge in [0.15, 0.2) is 0 Å². The van der Waals surface area contributed by atoms with Gasteiger partial charge in [-0.2, -0.15) is 5.10 Å². The van der Waals surface area contributed by atoms with Crippen molar-refractivity contribution < 1.29 is 5.11 Å². The summed E-state index contributed by atoms with van der Waals surface area (Å²) in [5.41, 5.74) is 5.77. The third-order valence-corrected chi connectivity index (χ3v) is 5.01. The first kappa shape index (κ1) is 15.5. The van der Waals surface area contributed by atoms with Crippen LogP contribution in [0.4, 0.5) is 0 Å². The van der Waals surface area contributed by atoms with Gasteiger partial charge < -0.3 is 5.11 Å². The molecule has 1 aromatic carbocycles. The molecule has 1 aliphatic rings. The van der Waals surface area contributed by atoms with Crippen molar-refractivity contribution in [3.63, 3.8) is 0 Å². The van der Waals surface area contributed by atoms with E-state index < -0.39 is 6.10 Å². The molecule has 0 aliphatic carbocycles. The van der Waals surface area contributed by atoms with Crippen LogP contribution in [0.2, 0.25) is 0 Å². The second-order valence-corrected chi connectivity index (χ2v) is 6.86. The minimum atomic E-state index is -0.669. The molecule has 3 aromatic rings. The van der Waals surface area contributed by atoms with Crippen LogP contribution in [0.1, 0.15) is 35.2 Å². The zero-order valence-electron chi connectivity index (χ0n) is 13.4. The molecule has 0 bridgehead atoms. The van der Waals surface area contributed by atoms with E-state index >= 15 is 0 Å². The Morgan fingerprint density at radius 2 is 2.08 bits per heavy atom. The van der Waals surface area contributed by atoms with Gasteiger partial charge in [0.25, 0.3) is 0 Å². The van der Waals surface area contributed by atoms with Crippen molar-refractivity contribution in [2.45, 2.75) is 32.2 Å². The summed E-state index contributed by atoms with van der Waals surface area (Å²) in [4.78, 5) is 6.78. The Morgan fingerprint density at radius 3 is 2.88 bits per heavy atom. The Balaban J connectivity index is 1.53. The van der Waals surface area contributed by atoms with Crippen molar-refractivity contribution in [1.82, 2.24) is 19.7 Å². The fraction of sp³-hybridized carbons (Fsp3) is 0.333. The molecule has 4 rings (SSSR count). The minimum absolute atomic E-state index is 0.669. The van der Waals surface area contributed by atoms with E-state index in [-0.39, 0.29) is 0 Å². The van der Waals surface area contributed by atoms with Gasteiger partial charge >= 0.3 is 0 Å². The Morgan fingerprint density at radius 1 is 1.21 bits per heavy atom. The van der Waals surface area contributed by atoms with Gasteiger partial charge in [0.05, 0.1) is 22.6 Å². The monoisotopic (exact) mass is 340 g/mol. The van der Waals surface area contributed by atoms with Gasteiger partial charge in [-0.05, 0) is 18.1 Å². The largest absolute Gasteiger partial charge is 0.382 e. The molecule has 24 heavy (non-hydrogen) atoms. The van der Waals surface area contributed by atoms with Crippen molar-refractivity contribution in [3.05, 3.63) is 69.9 Å². The zero-order chi connectivity index (χ0) is 16.4. The summed E-state index contributed by atoms with van der Waals surface area (Å²) in [6, 6.07) is 11.7. The Kier molecular flexibility index (Phi) is 4.42. The summed E-state index contributed by atoms with van der Waals surface area (Å²) in [5.74, 6) is 0. The van der Waals surface area contributed by atoms with Gasteiger partial charge in [-0.1, -0.05) is 30.3 Å². The van der Waals surface area contributed by atoms with Gasteiger partial charge in [-0.15, -0.1) is 11.3 Å². The molecule has 0 saturated carbocycles. The first-order valence-electron chi connectivity index (χ1n) is 8.18. The maximum Gasteiger partial charge on any atom is 0.123 e. The summed E-state index contributed by atoms with van der Waals surface area (Å²) in [7, 11) is 0. The second-order valence-electron chi connectivity index (χ2n) is 6.14. The topological polar surface area (TPSA) is 54.2 Å². The van der Waals surface area contributed by atoms with E-state index in [0.29, 0.717) is 0 Å². The molecule has 1 N–H and O–H groups in total. The van der Waals surface area contributed by atoms with E-state index in [1.165, 1.54) is 0 Å². The van der Waals surface area contributed by atoms with Crippen LogP contribution < -0.4 is 0 Å². The van der Waals surface area contributed by atoms with Crippen LogP contribution in [0.15, 0.2) is 47.3 Å². The molecular weight excluding hydrogens is 320 g/mol. The molecule has 0 fully saturated rings. The lowest BCUT2D eigenvalue weighted by molar-refractivity contribution is 0.213. The molecule has 1 unspecified atom stereocenters. The number of aryl methyl sites for hydroxylation is 1. The van der Waals surface area contributed by atoms with Gasteiger partial charge in [0.1, 0.15) is 6.10 Å². The standard InChI is InChI=1S/C18H20N4OS/c23-18(14-5-2-1-3-6-14)17-9-16-11-21(7-4-8-22(16)20-17)10-15-12-24-13-19-15/h1-3,5-6,9,12-13,18,23H,4,7-8,10-11H2. The zero-order valence-corrected chi connectivity index (χ0v) is 14.2. The van der Waals surface area contributed by atoms with Crippen LogP contribution >= 0.6 is 11.3 Å². The number of hydrogen-bond donors (Lipinski definition) is 1. The number of thiazole rings is 1. The molecule has 6 heteroatoms. The maximum atomic E-state index is 10.6. The van der Waals surface area contributed by atoms with Gasteiger partial charge in [0.2, 0.25) is 0 Å². The highest BCUT2D eigenvalue weighted by molar-refractivity contribution is 7.07. The Labute approximate surface area is 145 Å². The van der Waals surface area contributed by atoms with Crippen molar-refractivity contribution in [2.75, 3.05) is 6.54 Å². The molecule has 1 aliphatic heterocycles. The van der Waals surface area contributed by atoms with E-state index in [4.69, 9.17) is 0 Å². The molecule has 0 saturated heterocycles. The normalized spacial score (nSPS) is 16.5. The van der Waals surface area contributed by atoms with Crippen molar-refractivity contribution in [2.24, 2.45) is 0 Å². The first-order valence-corrected chi connectivity index (χ1v) is 9.13. The molecule has 5 nitrogen and oxygen atoms in total. The number of hydrogen-bond acceptors (Lipinski definition) is 5. The number of aromatic nitrogens is 3. The van der Waals surface area contributed by atoms with Crippen LogP contribution in [0.5, 0.6) is 0 Å². The van der Waals surface area contributed by atoms with E-state index in [1.54, 1.807) is 11.3 Å². The predicted octanol–water partition coefficient (Wildman–Crippen LogP) is 2.83. The fourth-order valence-electron chi connectivity index (χ4n) is 3.17. The van der Waals surface area contributed by atoms with E-state index in [9.17, 15) is 5.11 Å². The molecule has 3 heterocycles. The molecule has 0 amide bonds. The Bertz CT molecular complexity index is 785. The highest BCUT2D eigenvalue weighted by Crippen LogP contribution is 2.24. The summed E-state index contributed by atoms with van der Waals surface area (Å²) < 4.78 is 2.04. The van der Waals surface area contributed by atoms with Crippen LogP contribution in [0.3, 0.4) is 0 Å². The van der Waals surface area contributed by atoms with Crippen LogP contribution in [0, 0.1) is 0 Å². The molecule has 2 aromatic heterocycles. The summed E-state index contributed by atoms with van der Waals surface area (Å²) in [5, 5.41) is 17.3.